The number of nitrogens with one attached hydrogen (secondary N) is 2. The number of aromatic amines is 1. The largest absolute Gasteiger partial charge is 0.398 e. The van der Waals surface area contributed by atoms with Crippen LogP contribution in [0.25, 0.3) is 11.0 Å². The van der Waals surface area contributed by atoms with Crippen LogP contribution < -0.4 is 11.1 Å². The van der Waals surface area contributed by atoms with Gasteiger partial charge in [0.05, 0.1) is 27.6 Å². The summed E-state index contributed by atoms with van der Waals surface area (Å²) in [6.07, 6.45) is 1.80. The molecule has 3 aromatic carbocycles. The van der Waals surface area contributed by atoms with Crippen LogP contribution in [0.5, 0.6) is 0 Å². The molecule has 31 heavy (non-hydrogen) atoms. The molecular formula is C25H28N4OS. The van der Waals surface area contributed by atoms with Crippen molar-refractivity contribution in [1.82, 2.24) is 9.97 Å². The lowest BCUT2D eigenvalue weighted by Crippen LogP contribution is -2.10. The monoisotopic (exact) mass is 432 g/mol. The topological polar surface area (TPSA) is 83.8 Å². The molecule has 6 heteroatoms. The van der Waals surface area contributed by atoms with Crippen LogP contribution in [0.15, 0.2) is 65.8 Å². The molecule has 0 aliphatic heterocycles. The lowest BCUT2D eigenvalue weighted by atomic mass is 10.0. The zero-order valence-corrected chi connectivity index (χ0v) is 18.8. The maximum absolute atomic E-state index is 13.1. The molecule has 160 valence electrons. The Morgan fingerprint density at radius 3 is 2.32 bits per heavy atom. The summed E-state index contributed by atoms with van der Waals surface area (Å²) in [5.41, 5.74) is 14.4. The third-order valence-electron chi connectivity index (χ3n) is 5.61. The van der Waals surface area contributed by atoms with Crippen LogP contribution in [0.4, 0.5) is 11.4 Å². The van der Waals surface area contributed by atoms with E-state index in [4.69, 9.17) is 5.73 Å². The minimum Gasteiger partial charge on any atom is -0.398 e. The Kier molecular flexibility index (Phi) is 6.37. The lowest BCUT2D eigenvalue weighted by Gasteiger charge is -2.17. The number of fused-ring (bicyclic) bond motifs is 1. The van der Waals surface area contributed by atoms with Gasteiger partial charge in [-0.15, -0.1) is 0 Å². The van der Waals surface area contributed by atoms with Crippen molar-refractivity contribution in [2.24, 2.45) is 0 Å². The number of nitrogens with two attached hydrogens (primary N) is 1. The Morgan fingerprint density at radius 1 is 0.903 bits per heavy atom. The van der Waals surface area contributed by atoms with Crippen molar-refractivity contribution in [3.05, 3.63) is 82.9 Å². The molecule has 0 radical (unpaired) electrons. The van der Waals surface area contributed by atoms with E-state index in [0.29, 0.717) is 17.5 Å². The number of rotatable bonds is 8. The molecule has 0 amide bonds. The molecule has 1 atom stereocenters. The molecule has 0 spiro atoms. The number of H-pyrrole nitrogens is 1. The summed E-state index contributed by atoms with van der Waals surface area (Å²) in [4.78, 5) is 7.71. The minimum absolute atomic E-state index is 0.389. The van der Waals surface area contributed by atoms with Crippen molar-refractivity contribution in [2.45, 2.75) is 44.1 Å². The molecule has 1 aromatic heterocycles. The fraction of sp³-hybridized carbons (Fsp3) is 0.240. The van der Waals surface area contributed by atoms with Gasteiger partial charge >= 0.3 is 0 Å². The van der Waals surface area contributed by atoms with Crippen molar-refractivity contribution in [3.8, 4) is 0 Å². The molecule has 0 aliphatic carbocycles. The standard InChI is InChI=1S/C25H28N4OS/c1-3-17-9-7-11-19(23(17)26)15-27-24-18(4-2)10-8-12-20(24)16-31(30)25-28-21-13-5-6-14-22(21)29-25/h5-14,27H,3-4,15-16,26H2,1-2H3,(H,28,29)/t31-/m1/s1. The molecule has 1 heterocycles. The zero-order chi connectivity index (χ0) is 21.8. The van der Waals surface area contributed by atoms with Gasteiger partial charge in [0.25, 0.3) is 0 Å². The number of nitrogens with zero attached hydrogens (tertiary/aromatic N) is 1. The smallest absolute Gasteiger partial charge is 0.197 e. The third-order valence-corrected chi connectivity index (χ3v) is 6.81. The van der Waals surface area contributed by atoms with Crippen LogP contribution in [0.2, 0.25) is 0 Å². The second-order valence-electron chi connectivity index (χ2n) is 7.55. The number of hydrogen-bond donors (Lipinski definition) is 3. The quantitative estimate of drug-likeness (QED) is 0.335. The first-order valence-electron chi connectivity index (χ1n) is 10.6. The minimum atomic E-state index is -1.28. The van der Waals surface area contributed by atoms with Crippen molar-refractivity contribution in [1.29, 1.82) is 0 Å². The van der Waals surface area contributed by atoms with Crippen molar-refractivity contribution in [3.63, 3.8) is 0 Å². The summed E-state index contributed by atoms with van der Waals surface area (Å²) in [6.45, 7) is 4.87. The molecule has 0 saturated heterocycles. The second-order valence-corrected chi connectivity index (χ2v) is 8.92. The van der Waals surface area contributed by atoms with Gasteiger partial charge in [-0.25, -0.2) is 4.98 Å². The van der Waals surface area contributed by atoms with Crippen molar-refractivity contribution in [2.75, 3.05) is 11.1 Å². The average Bonchev–Trinajstić information content (AvgIpc) is 3.23. The van der Waals surface area contributed by atoms with E-state index in [0.717, 1.165) is 51.9 Å². The maximum Gasteiger partial charge on any atom is 0.197 e. The lowest BCUT2D eigenvalue weighted by molar-refractivity contribution is 0.677. The van der Waals surface area contributed by atoms with Crippen LogP contribution in [0.3, 0.4) is 0 Å². The number of para-hydroxylation sites is 4. The van der Waals surface area contributed by atoms with Crippen LogP contribution in [0.1, 0.15) is 36.1 Å². The Bertz CT molecular complexity index is 1200. The predicted octanol–water partition coefficient (Wildman–Crippen LogP) is 5.19. The Hall–Kier alpha value is -3.12. The second kappa shape index (κ2) is 9.35. The maximum atomic E-state index is 13.1. The first-order chi connectivity index (χ1) is 15.1. The molecule has 0 aliphatic rings. The van der Waals surface area contributed by atoms with Crippen LogP contribution in [-0.2, 0) is 35.9 Å². The van der Waals surface area contributed by atoms with E-state index in [1.54, 1.807) is 0 Å². The Labute approximate surface area is 185 Å². The van der Waals surface area contributed by atoms with Gasteiger partial charge in [-0.2, -0.15) is 0 Å². The molecule has 0 saturated carbocycles. The van der Waals surface area contributed by atoms with Gasteiger partial charge in [-0.3, -0.25) is 4.21 Å². The number of nitrogen functional groups attached to an aromatic ring is 1. The number of imidazole rings is 1. The highest BCUT2D eigenvalue weighted by Gasteiger charge is 2.15. The molecule has 0 unspecified atom stereocenters. The zero-order valence-electron chi connectivity index (χ0n) is 17.9. The van der Waals surface area contributed by atoms with Crippen molar-refractivity contribution >= 4 is 33.2 Å². The van der Waals surface area contributed by atoms with Crippen molar-refractivity contribution < 1.29 is 4.21 Å². The highest BCUT2D eigenvalue weighted by molar-refractivity contribution is 7.84. The summed E-state index contributed by atoms with van der Waals surface area (Å²) in [6, 6.07) is 20.1. The van der Waals surface area contributed by atoms with Gasteiger partial charge in [0, 0.05) is 17.9 Å². The summed E-state index contributed by atoms with van der Waals surface area (Å²) in [5.74, 6) is 0.389. The summed E-state index contributed by atoms with van der Waals surface area (Å²) in [7, 11) is -1.28. The number of aryl methyl sites for hydroxylation is 2. The SMILES string of the molecule is CCc1cccc(CNc2c(CC)cccc2C[S@@](=O)c2nc3ccccc3[nH]2)c1N. The highest BCUT2D eigenvalue weighted by Crippen LogP contribution is 2.27. The molecule has 0 bridgehead atoms. The van der Waals surface area contributed by atoms with E-state index in [9.17, 15) is 4.21 Å². The summed E-state index contributed by atoms with van der Waals surface area (Å²) in [5, 5.41) is 4.09. The fourth-order valence-electron chi connectivity index (χ4n) is 3.85. The molecule has 0 fully saturated rings. The molecule has 5 nitrogen and oxygen atoms in total. The first kappa shape index (κ1) is 21.1. The Morgan fingerprint density at radius 2 is 1.58 bits per heavy atom. The average molecular weight is 433 g/mol. The third kappa shape index (κ3) is 4.49. The van der Waals surface area contributed by atoms with Crippen LogP contribution in [-0.4, -0.2) is 14.2 Å². The van der Waals surface area contributed by atoms with E-state index in [1.165, 1.54) is 5.56 Å². The molecule has 4 N–H and O–H groups in total. The number of hydrogen-bond acceptors (Lipinski definition) is 4. The number of aromatic nitrogens is 2. The number of benzene rings is 3. The van der Waals surface area contributed by atoms with Gasteiger partial charge in [0.15, 0.2) is 5.16 Å². The molecular weight excluding hydrogens is 404 g/mol. The fourth-order valence-corrected chi connectivity index (χ4v) is 4.94. The van der Waals surface area contributed by atoms with Gasteiger partial charge in [-0.1, -0.05) is 62.4 Å². The first-order valence-corrected chi connectivity index (χ1v) is 12.0. The van der Waals surface area contributed by atoms with Crippen LogP contribution >= 0.6 is 0 Å². The Balaban J connectivity index is 1.59. The normalized spacial score (nSPS) is 12.2. The summed E-state index contributed by atoms with van der Waals surface area (Å²) >= 11 is 0. The van der Waals surface area contributed by atoms with E-state index < -0.39 is 10.8 Å². The van der Waals surface area contributed by atoms with E-state index in [-0.39, 0.29) is 0 Å². The molecule has 4 aromatic rings. The molecule has 4 rings (SSSR count). The van der Waals surface area contributed by atoms with E-state index >= 15 is 0 Å². The van der Waals surface area contributed by atoms with Crippen LogP contribution in [0, 0.1) is 0 Å². The van der Waals surface area contributed by atoms with Gasteiger partial charge in [-0.05, 0) is 47.2 Å². The summed E-state index contributed by atoms with van der Waals surface area (Å²) < 4.78 is 13.1. The van der Waals surface area contributed by atoms with Gasteiger partial charge in [0.1, 0.15) is 0 Å². The van der Waals surface area contributed by atoms with E-state index in [2.05, 4.69) is 53.4 Å². The number of anilines is 2. The van der Waals surface area contributed by atoms with E-state index in [1.807, 2.05) is 36.4 Å². The van der Waals surface area contributed by atoms with Gasteiger partial charge in [0.2, 0.25) is 0 Å². The predicted molar refractivity (Wildman–Crippen MR) is 130 cm³/mol. The van der Waals surface area contributed by atoms with Gasteiger partial charge < -0.3 is 16.0 Å². The highest BCUT2D eigenvalue weighted by atomic mass is 32.2.